The first-order valence-electron chi connectivity index (χ1n) is 5.50. The van der Waals surface area contributed by atoms with Gasteiger partial charge in [0.1, 0.15) is 17.3 Å². The summed E-state index contributed by atoms with van der Waals surface area (Å²) >= 11 is 0. The van der Waals surface area contributed by atoms with Crippen LogP contribution in [0.4, 0.5) is 20.3 Å². The van der Waals surface area contributed by atoms with Crippen LogP contribution >= 0.6 is 0 Å². The molecule has 0 unspecified atom stereocenters. The van der Waals surface area contributed by atoms with Crippen molar-refractivity contribution >= 4 is 21.5 Å². The maximum Gasteiger partial charge on any atom is 0.262 e. The lowest BCUT2D eigenvalue weighted by atomic mass is 10.2. The summed E-state index contributed by atoms with van der Waals surface area (Å²) in [6, 6.07) is 4.46. The lowest BCUT2D eigenvalue weighted by Gasteiger charge is -2.11. The molecule has 1 aromatic heterocycles. The molecule has 1 heterocycles. The number of nitrogens with zero attached hydrogens (tertiary/aromatic N) is 1. The maximum atomic E-state index is 13.8. The first kappa shape index (κ1) is 14.2. The lowest BCUT2D eigenvalue weighted by Crippen LogP contribution is -2.16. The second kappa shape index (κ2) is 5.04. The van der Waals surface area contributed by atoms with Gasteiger partial charge in [0.2, 0.25) is 0 Å². The Hall–Kier alpha value is -2.22. The molecule has 0 bridgehead atoms. The van der Waals surface area contributed by atoms with Crippen LogP contribution in [0.5, 0.6) is 0 Å². The van der Waals surface area contributed by atoms with Gasteiger partial charge in [-0.2, -0.15) is 0 Å². The van der Waals surface area contributed by atoms with Crippen molar-refractivity contribution < 1.29 is 17.2 Å². The van der Waals surface area contributed by atoms with Gasteiger partial charge in [-0.05, 0) is 24.6 Å². The third-order valence-electron chi connectivity index (χ3n) is 2.58. The number of halogens is 2. The monoisotopic (exact) mass is 299 g/mol. The summed E-state index contributed by atoms with van der Waals surface area (Å²) in [5.41, 5.74) is 4.78. The van der Waals surface area contributed by atoms with Gasteiger partial charge in [-0.15, -0.1) is 0 Å². The van der Waals surface area contributed by atoms with E-state index in [9.17, 15) is 17.2 Å². The second-order valence-corrected chi connectivity index (χ2v) is 5.76. The number of pyridine rings is 1. The van der Waals surface area contributed by atoms with Crippen molar-refractivity contribution in [3.8, 4) is 0 Å². The number of anilines is 2. The standard InChI is InChI=1S/C12H11F2N3O2S/c1-7-2-3-9(13)12(11(7)14)17-20(18,19)8-4-5-16-10(15)6-8/h2-6,17H,1H3,(H2,15,16). The SMILES string of the molecule is Cc1ccc(F)c(NS(=O)(=O)c2ccnc(N)c2)c1F. The Balaban J connectivity index is 2.47. The van der Waals surface area contributed by atoms with Gasteiger partial charge in [-0.3, -0.25) is 4.72 Å². The van der Waals surface area contributed by atoms with E-state index in [1.54, 1.807) is 0 Å². The van der Waals surface area contributed by atoms with Crippen LogP contribution in [0.2, 0.25) is 0 Å². The normalized spacial score (nSPS) is 11.3. The highest BCUT2D eigenvalue weighted by Crippen LogP contribution is 2.24. The number of hydrogen-bond acceptors (Lipinski definition) is 4. The van der Waals surface area contributed by atoms with E-state index in [1.165, 1.54) is 25.3 Å². The van der Waals surface area contributed by atoms with E-state index in [1.807, 2.05) is 4.72 Å². The molecule has 5 nitrogen and oxygen atoms in total. The summed E-state index contributed by atoms with van der Waals surface area (Å²) in [5.74, 6) is -1.98. The van der Waals surface area contributed by atoms with Gasteiger partial charge in [0.25, 0.3) is 10.0 Å². The van der Waals surface area contributed by atoms with Gasteiger partial charge < -0.3 is 5.73 Å². The van der Waals surface area contributed by atoms with Crippen molar-refractivity contribution in [2.45, 2.75) is 11.8 Å². The predicted molar refractivity (Wildman–Crippen MR) is 70.6 cm³/mol. The van der Waals surface area contributed by atoms with Crippen LogP contribution in [0.1, 0.15) is 5.56 Å². The van der Waals surface area contributed by atoms with Gasteiger partial charge in [-0.25, -0.2) is 22.2 Å². The summed E-state index contributed by atoms with van der Waals surface area (Å²) < 4.78 is 53.3. The molecule has 2 rings (SSSR count). The fourth-order valence-electron chi connectivity index (χ4n) is 1.54. The number of nitrogens with one attached hydrogen (secondary N) is 1. The van der Waals surface area contributed by atoms with Crippen LogP contribution in [0.15, 0.2) is 35.4 Å². The number of aromatic nitrogens is 1. The molecule has 0 saturated heterocycles. The highest BCUT2D eigenvalue weighted by molar-refractivity contribution is 7.92. The van der Waals surface area contributed by atoms with Crippen molar-refractivity contribution in [1.29, 1.82) is 0 Å². The summed E-state index contributed by atoms with van der Waals surface area (Å²) in [6.45, 7) is 1.40. The van der Waals surface area contributed by atoms with Gasteiger partial charge >= 0.3 is 0 Å². The molecule has 0 aliphatic heterocycles. The Labute approximate surface area is 114 Å². The topological polar surface area (TPSA) is 85.1 Å². The van der Waals surface area contributed by atoms with E-state index in [2.05, 4.69) is 4.98 Å². The molecule has 0 saturated carbocycles. The Morgan fingerprint density at radius 1 is 1.25 bits per heavy atom. The second-order valence-electron chi connectivity index (χ2n) is 4.08. The smallest absolute Gasteiger partial charge is 0.262 e. The number of aryl methyl sites for hydroxylation is 1. The molecule has 106 valence electrons. The van der Waals surface area contributed by atoms with Crippen LogP contribution in [0.25, 0.3) is 0 Å². The quantitative estimate of drug-likeness (QED) is 0.908. The zero-order valence-electron chi connectivity index (χ0n) is 10.4. The lowest BCUT2D eigenvalue weighted by molar-refractivity contribution is 0.579. The molecular formula is C12H11F2N3O2S. The summed E-state index contributed by atoms with van der Waals surface area (Å²) in [5, 5.41) is 0. The molecule has 0 atom stereocenters. The van der Waals surface area contributed by atoms with Crippen molar-refractivity contribution in [3.63, 3.8) is 0 Å². The van der Waals surface area contributed by atoms with Crippen molar-refractivity contribution in [3.05, 3.63) is 47.7 Å². The first-order valence-corrected chi connectivity index (χ1v) is 6.98. The minimum Gasteiger partial charge on any atom is -0.384 e. The fraction of sp³-hybridized carbons (Fsp3) is 0.0833. The Kier molecular flexibility index (Phi) is 3.58. The van der Waals surface area contributed by atoms with E-state index in [4.69, 9.17) is 5.73 Å². The van der Waals surface area contributed by atoms with Crippen LogP contribution in [0.3, 0.4) is 0 Å². The highest BCUT2D eigenvalue weighted by Gasteiger charge is 2.20. The molecule has 0 spiro atoms. The maximum absolute atomic E-state index is 13.8. The average molecular weight is 299 g/mol. The molecule has 0 fully saturated rings. The largest absolute Gasteiger partial charge is 0.384 e. The first-order chi connectivity index (χ1) is 9.31. The van der Waals surface area contributed by atoms with Gasteiger partial charge in [0.05, 0.1) is 4.90 Å². The summed E-state index contributed by atoms with van der Waals surface area (Å²) in [6.07, 6.45) is 1.19. The molecular weight excluding hydrogens is 288 g/mol. The van der Waals surface area contributed by atoms with E-state index in [0.717, 1.165) is 12.1 Å². The number of sulfonamides is 1. The number of benzene rings is 1. The van der Waals surface area contributed by atoms with Gasteiger partial charge in [0.15, 0.2) is 5.82 Å². The van der Waals surface area contributed by atoms with Crippen LogP contribution in [0, 0.1) is 18.6 Å². The Morgan fingerprint density at radius 3 is 2.60 bits per heavy atom. The van der Waals surface area contributed by atoms with Gasteiger partial charge in [-0.1, -0.05) is 6.07 Å². The van der Waals surface area contributed by atoms with Gasteiger partial charge in [0, 0.05) is 12.3 Å². The van der Waals surface area contributed by atoms with E-state index in [0.29, 0.717) is 0 Å². The molecule has 0 aliphatic carbocycles. The third-order valence-corrected chi connectivity index (χ3v) is 3.93. The Morgan fingerprint density at radius 2 is 1.95 bits per heavy atom. The Bertz CT molecular complexity index is 763. The molecule has 0 amide bonds. The zero-order chi connectivity index (χ0) is 14.9. The van der Waals surface area contributed by atoms with E-state index < -0.39 is 27.3 Å². The predicted octanol–water partition coefficient (Wildman–Crippen LogP) is 2.05. The number of rotatable bonds is 3. The number of nitrogen functional groups attached to an aromatic ring is 1. The van der Waals surface area contributed by atoms with Crippen LogP contribution in [-0.2, 0) is 10.0 Å². The van der Waals surface area contributed by atoms with Crippen LogP contribution in [-0.4, -0.2) is 13.4 Å². The molecule has 0 radical (unpaired) electrons. The number of nitrogens with two attached hydrogens (primary N) is 1. The third kappa shape index (κ3) is 2.69. The van der Waals surface area contributed by atoms with Crippen molar-refractivity contribution in [2.24, 2.45) is 0 Å². The molecule has 8 heteroatoms. The minimum atomic E-state index is -4.15. The fourth-order valence-corrected chi connectivity index (χ4v) is 2.63. The van der Waals surface area contributed by atoms with Crippen LogP contribution < -0.4 is 10.5 Å². The van der Waals surface area contributed by atoms with E-state index in [-0.39, 0.29) is 16.3 Å². The molecule has 3 N–H and O–H groups in total. The average Bonchev–Trinajstić information content (AvgIpc) is 2.39. The minimum absolute atomic E-state index is 0.0157. The molecule has 20 heavy (non-hydrogen) atoms. The summed E-state index contributed by atoms with van der Waals surface area (Å²) in [4.78, 5) is 3.42. The molecule has 2 aromatic rings. The summed E-state index contributed by atoms with van der Waals surface area (Å²) in [7, 11) is -4.15. The highest BCUT2D eigenvalue weighted by atomic mass is 32.2. The zero-order valence-corrected chi connectivity index (χ0v) is 11.2. The van der Waals surface area contributed by atoms with Crippen molar-refractivity contribution in [2.75, 3.05) is 10.5 Å². The van der Waals surface area contributed by atoms with Crippen molar-refractivity contribution in [1.82, 2.24) is 4.98 Å². The molecule has 0 aliphatic rings. The number of hydrogen-bond donors (Lipinski definition) is 2. The molecule has 1 aromatic carbocycles. The van der Waals surface area contributed by atoms with E-state index >= 15 is 0 Å².